The van der Waals surface area contributed by atoms with Gasteiger partial charge in [-0.25, -0.2) is 12.8 Å². The molecule has 1 aliphatic rings. The molecule has 1 aromatic carbocycles. The zero-order valence-corrected chi connectivity index (χ0v) is 13.4. The smallest absolute Gasteiger partial charge is 0.265 e. The van der Waals surface area contributed by atoms with Crippen LogP contribution in [0.15, 0.2) is 34.5 Å². The molecule has 7 heteroatoms. The van der Waals surface area contributed by atoms with E-state index in [2.05, 4.69) is 0 Å². The molecular formula is C14H13ClFNO2S2. The molecule has 0 saturated carbocycles. The molecule has 0 atom stereocenters. The van der Waals surface area contributed by atoms with Crippen LogP contribution in [-0.2, 0) is 22.9 Å². The Morgan fingerprint density at radius 2 is 2.10 bits per heavy atom. The Morgan fingerprint density at radius 3 is 2.86 bits per heavy atom. The monoisotopic (exact) mass is 345 g/mol. The summed E-state index contributed by atoms with van der Waals surface area (Å²) in [5, 5.41) is 0. The van der Waals surface area contributed by atoms with Gasteiger partial charge in [0, 0.05) is 17.3 Å². The normalized spacial score (nSPS) is 14.5. The SMILES string of the molecule is O=S(=O)(c1ccc(CCCl)s1)N1CCc2ccc(F)cc21. The van der Waals surface area contributed by atoms with Gasteiger partial charge in [0.2, 0.25) is 0 Å². The minimum Gasteiger partial charge on any atom is -0.265 e. The third-order valence-corrected chi connectivity index (χ3v) is 7.04. The molecule has 0 N–H and O–H groups in total. The molecule has 0 bridgehead atoms. The van der Waals surface area contributed by atoms with E-state index in [1.807, 2.05) is 0 Å². The number of halogens is 2. The van der Waals surface area contributed by atoms with Gasteiger partial charge < -0.3 is 0 Å². The highest BCUT2D eigenvalue weighted by Gasteiger charge is 2.32. The van der Waals surface area contributed by atoms with E-state index in [4.69, 9.17) is 11.6 Å². The molecule has 0 spiro atoms. The molecule has 1 aliphatic heterocycles. The number of nitrogens with zero attached hydrogens (tertiary/aromatic N) is 1. The summed E-state index contributed by atoms with van der Waals surface area (Å²) in [6.45, 7) is 0.351. The third kappa shape index (κ3) is 2.67. The molecule has 3 rings (SSSR count). The van der Waals surface area contributed by atoms with Gasteiger partial charge in [-0.05, 0) is 42.7 Å². The van der Waals surface area contributed by atoms with Gasteiger partial charge in [-0.2, -0.15) is 0 Å². The molecule has 112 valence electrons. The molecule has 2 aromatic rings. The van der Waals surface area contributed by atoms with Crippen LogP contribution in [0.1, 0.15) is 10.4 Å². The van der Waals surface area contributed by atoms with Crippen LogP contribution >= 0.6 is 22.9 Å². The van der Waals surface area contributed by atoms with Crippen LogP contribution in [0, 0.1) is 5.82 Å². The maximum atomic E-state index is 13.4. The van der Waals surface area contributed by atoms with Gasteiger partial charge in [0.25, 0.3) is 10.0 Å². The van der Waals surface area contributed by atoms with Crippen LogP contribution in [0.2, 0.25) is 0 Å². The quantitative estimate of drug-likeness (QED) is 0.796. The van der Waals surface area contributed by atoms with Crippen LogP contribution in [0.25, 0.3) is 0 Å². The number of thiophene rings is 1. The van der Waals surface area contributed by atoms with Crippen molar-refractivity contribution in [2.24, 2.45) is 0 Å². The maximum absolute atomic E-state index is 13.4. The van der Waals surface area contributed by atoms with Crippen LogP contribution < -0.4 is 4.31 Å². The van der Waals surface area contributed by atoms with Crippen molar-refractivity contribution in [3.63, 3.8) is 0 Å². The number of anilines is 1. The van der Waals surface area contributed by atoms with Crippen molar-refractivity contribution in [3.8, 4) is 0 Å². The second kappa shape index (κ2) is 5.59. The van der Waals surface area contributed by atoms with Crippen molar-refractivity contribution < 1.29 is 12.8 Å². The lowest BCUT2D eigenvalue weighted by Gasteiger charge is -2.18. The average molecular weight is 346 g/mol. The molecule has 0 radical (unpaired) electrons. The number of rotatable bonds is 4. The van der Waals surface area contributed by atoms with Gasteiger partial charge in [0.1, 0.15) is 10.0 Å². The minimum atomic E-state index is -3.62. The Morgan fingerprint density at radius 1 is 1.29 bits per heavy atom. The van der Waals surface area contributed by atoms with Gasteiger partial charge in [-0.15, -0.1) is 22.9 Å². The Hall–Kier alpha value is -1.11. The summed E-state index contributed by atoms with van der Waals surface area (Å²) in [6, 6.07) is 7.67. The highest BCUT2D eigenvalue weighted by molar-refractivity contribution is 7.94. The van der Waals surface area contributed by atoms with Crippen LogP contribution in [0.4, 0.5) is 10.1 Å². The average Bonchev–Trinajstić information content (AvgIpc) is 3.05. The van der Waals surface area contributed by atoms with Gasteiger partial charge in [-0.3, -0.25) is 4.31 Å². The lowest BCUT2D eigenvalue weighted by molar-refractivity contribution is 0.594. The largest absolute Gasteiger partial charge is 0.273 e. The first-order valence-corrected chi connectivity index (χ1v) is 9.27. The summed E-state index contributed by atoms with van der Waals surface area (Å²) in [5.41, 5.74) is 1.31. The molecular weight excluding hydrogens is 333 g/mol. The number of sulfonamides is 1. The Balaban J connectivity index is 1.98. The first-order valence-electron chi connectivity index (χ1n) is 6.48. The topological polar surface area (TPSA) is 37.4 Å². The van der Waals surface area contributed by atoms with Gasteiger partial charge in [-0.1, -0.05) is 6.07 Å². The molecule has 21 heavy (non-hydrogen) atoms. The van der Waals surface area contributed by atoms with Gasteiger partial charge in [0.05, 0.1) is 5.69 Å². The summed E-state index contributed by atoms with van der Waals surface area (Å²) >= 11 is 6.90. The van der Waals surface area contributed by atoms with Crippen molar-refractivity contribution in [1.29, 1.82) is 0 Å². The number of aryl methyl sites for hydroxylation is 1. The summed E-state index contributed by atoms with van der Waals surface area (Å²) in [4.78, 5) is 0.933. The van der Waals surface area contributed by atoms with Crippen molar-refractivity contribution >= 4 is 38.6 Å². The van der Waals surface area contributed by atoms with E-state index in [1.165, 1.54) is 27.8 Å². The fraction of sp³-hybridized carbons (Fsp3) is 0.286. The summed E-state index contributed by atoms with van der Waals surface area (Å²) < 4.78 is 40.4. The molecule has 1 aromatic heterocycles. The zero-order chi connectivity index (χ0) is 15.0. The molecule has 0 aliphatic carbocycles. The number of benzene rings is 1. The van der Waals surface area contributed by atoms with E-state index < -0.39 is 15.8 Å². The van der Waals surface area contributed by atoms with Crippen molar-refractivity contribution in [3.05, 3.63) is 46.6 Å². The standard InChI is InChI=1S/C14H13ClFNO2S2/c15-7-5-12-3-4-14(20-12)21(18,19)17-8-6-10-1-2-11(16)9-13(10)17/h1-4,9H,5-8H2. The molecule has 0 amide bonds. The molecule has 0 fully saturated rings. The van der Waals surface area contributed by atoms with Crippen molar-refractivity contribution in [1.82, 2.24) is 0 Å². The van der Waals surface area contributed by atoms with Crippen LogP contribution in [0.3, 0.4) is 0 Å². The predicted octanol–water partition coefficient (Wildman–Crippen LogP) is 3.42. The molecule has 0 unspecified atom stereocenters. The second-order valence-electron chi connectivity index (χ2n) is 4.76. The molecule has 2 heterocycles. The van der Waals surface area contributed by atoms with Crippen molar-refractivity contribution in [2.45, 2.75) is 17.1 Å². The Labute approximate surface area is 132 Å². The van der Waals surface area contributed by atoms with E-state index >= 15 is 0 Å². The highest BCUT2D eigenvalue weighted by Crippen LogP contribution is 2.35. The number of hydrogen-bond donors (Lipinski definition) is 0. The summed E-state index contributed by atoms with van der Waals surface area (Å²) in [6.07, 6.45) is 1.25. The van der Waals surface area contributed by atoms with E-state index in [0.717, 1.165) is 10.4 Å². The molecule has 3 nitrogen and oxygen atoms in total. The first-order chi connectivity index (χ1) is 10.0. The molecule has 0 saturated heterocycles. The summed E-state index contributed by atoms with van der Waals surface area (Å²) in [7, 11) is -3.62. The van der Waals surface area contributed by atoms with E-state index in [9.17, 15) is 12.8 Å². The van der Waals surface area contributed by atoms with Crippen molar-refractivity contribution in [2.75, 3.05) is 16.7 Å². The minimum absolute atomic E-state index is 0.278. The van der Waals surface area contributed by atoms with Crippen LogP contribution in [-0.4, -0.2) is 20.8 Å². The zero-order valence-electron chi connectivity index (χ0n) is 11.1. The Kier molecular flexibility index (Phi) is 3.94. The van der Waals surface area contributed by atoms with Gasteiger partial charge in [0.15, 0.2) is 0 Å². The number of hydrogen-bond acceptors (Lipinski definition) is 3. The first kappa shape index (κ1) is 14.8. The summed E-state index contributed by atoms with van der Waals surface area (Å²) in [5.74, 6) is 0.0301. The highest BCUT2D eigenvalue weighted by atomic mass is 35.5. The fourth-order valence-corrected chi connectivity index (χ4v) is 5.69. The predicted molar refractivity (Wildman–Crippen MR) is 83.4 cm³/mol. The number of alkyl halides is 1. The lowest BCUT2D eigenvalue weighted by atomic mass is 10.2. The maximum Gasteiger partial charge on any atom is 0.273 e. The third-order valence-electron chi connectivity index (χ3n) is 3.42. The van der Waals surface area contributed by atoms with E-state index in [-0.39, 0.29) is 4.21 Å². The number of fused-ring (bicyclic) bond motifs is 1. The Bertz CT molecular complexity index is 773. The van der Waals surface area contributed by atoms with E-state index in [0.29, 0.717) is 31.0 Å². The van der Waals surface area contributed by atoms with Gasteiger partial charge >= 0.3 is 0 Å². The second-order valence-corrected chi connectivity index (χ2v) is 8.40. The van der Waals surface area contributed by atoms with E-state index in [1.54, 1.807) is 18.2 Å². The fourth-order valence-electron chi connectivity index (χ4n) is 2.41. The van der Waals surface area contributed by atoms with Crippen LogP contribution in [0.5, 0.6) is 0 Å². The lowest BCUT2D eigenvalue weighted by Crippen LogP contribution is -2.28.